The number of carbonyl (C=O) groups is 1. The maximum absolute atomic E-state index is 14.3. The number of hydrogen-bond donors (Lipinski definition) is 0. The molecule has 4 heterocycles. The summed E-state index contributed by atoms with van der Waals surface area (Å²) < 4.78 is 6.77. The molecule has 0 radical (unpaired) electrons. The van der Waals surface area contributed by atoms with Crippen LogP contribution in [0.4, 0.5) is 0 Å². The minimum atomic E-state index is -0.282. The number of rotatable bonds is 7. The summed E-state index contributed by atoms with van der Waals surface area (Å²) >= 11 is 0. The molecule has 37 heavy (non-hydrogen) atoms. The van der Waals surface area contributed by atoms with Crippen LogP contribution in [0, 0.1) is 17.8 Å². The zero-order chi connectivity index (χ0) is 25.2. The summed E-state index contributed by atoms with van der Waals surface area (Å²) in [6.45, 7) is 4.55. The van der Waals surface area contributed by atoms with Crippen LogP contribution >= 0.6 is 0 Å². The van der Waals surface area contributed by atoms with Crippen LogP contribution < -0.4 is 0 Å². The van der Waals surface area contributed by atoms with Gasteiger partial charge in [0.05, 0.1) is 17.5 Å². The van der Waals surface area contributed by atoms with Crippen molar-refractivity contribution in [2.75, 3.05) is 13.1 Å². The standard InChI is InChI=1S/C33H40N2O2/c1-2-23-22-35-20-18-26(23)21-30(35)32(28-17-19-34-29-16-10-9-15-27(28)29)37-33(36)31(24-11-5-3-6-12-24)25-13-7-4-8-14-25/h3,5-6,9-12,15-17,19,23,25-26,30-32H,2,4,7-8,13-14,18,20-22H2,1H3/t23-,26-,30+,31?,32-/m0/s1. The van der Waals surface area contributed by atoms with Gasteiger partial charge in [-0.2, -0.15) is 0 Å². The number of carbonyl (C=O) groups excluding carboxylic acids is 1. The second-order valence-corrected chi connectivity index (χ2v) is 11.6. The van der Waals surface area contributed by atoms with Crippen molar-refractivity contribution in [1.82, 2.24) is 9.88 Å². The SMILES string of the molecule is CC[C@H]1CN2CC[C@H]1C[C@@H]2[C@@H](OC(=O)C(c1ccccc1)C1CCCCC1)c1ccnc2ccccc12. The van der Waals surface area contributed by atoms with Crippen molar-refractivity contribution in [1.29, 1.82) is 0 Å². The van der Waals surface area contributed by atoms with Gasteiger partial charge in [0.2, 0.25) is 0 Å². The Morgan fingerprint density at radius 3 is 2.54 bits per heavy atom. The number of ether oxygens (including phenoxy) is 1. The van der Waals surface area contributed by atoms with Gasteiger partial charge >= 0.3 is 5.97 Å². The average molecular weight is 497 g/mol. The number of benzene rings is 2. The van der Waals surface area contributed by atoms with Gasteiger partial charge in [-0.05, 0) is 67.7 Å². The third kappa shape index (κ3) is 4.93. The molecule has 1 aromatic heterocycles. The van der Waals surface area contributed by atoms with E-state index in [1.165, 1.54) is 32.1 Å². The highest BCUT2D eigenvalue weighted by atomic mass is 16.5. The predicted octanol–water partition coefficient (Wildman–Crippen LogP) is 7.30. The molecule has 0 amide bonds. The molecule has 1 aliphatic carbocycles. The molecule has 2 bridgehead atoms. The molecule has 0 spiro atoms. The number of piperidine rings is 3. The molecule has 1 saturated carbocycles. The molecule has 194 valence electrons. The first-order valence-corrected chi connectivity index (χ1v) is 14.6. The van der Waals surface area contributed by atoms with Gasteiger partial charge < -0.3 is 4.74 Å². The molecule has 2 aromatic carbocycles. The first-order chi connectivity index (χ1) is 18.2. The molecule has 7 rings (SSSR count). The highest BCUT2D eigenvalue weighted by molar-refractivity contribution is 5.83. The number of esters is 1. The third-order valence-corrected chi connectivity index (χ3v) is 9.58. The highest BCUT2D eigenvalue weighted by Gasteiger charge is 2.45. The molecular formula is C33H40N2O2. The van der Waals surface area contributed by atoms with Gasteiger partial charge in [0.25, 0.3) is 0 Å². The molecule has 3 aromatic rings. The van der Waals surface area contributed by atoms with E-state index in [4.69, 9.17) is 4.74 Å². The summed E-state index contributed by atoms with van der Waals surface area (Å²) in [5, 5.41) is 1.10. The van der Waals surface area contributed by atoms with Gasteiger partial charge in [-0.15, -0.1) is 0 Å². The molecule has 4 fully saturated rings. The van der Waals surface area contributed by atoms with Crippen LogP contribution in [0.15, 0.2) is 66.9 Å². The lowest BCUT2D eigenvalue weighted by Crippen LogP contribution is -2.55. The summed E-state index contributed by atoms with van der Waals surface area (Å²) in [6.07, 6.45) is 11.1. The smallest absolute Gasteiger partial charge is 0.314 e. The van der Waals surface area contributed by atoms with Crippen LogP contribution in [0.5, 0.6) is 0 Å². The Labute approximate surface area is 221 Å². The van der Waals surface area contributed by atoms with Crippen molar-refractivity contribution < 1.29 is 9.53 Å². The minimum absolute atomic E-state index is 0.0429. The van der Waals surface area contributed by atoms with E-state index in [-0.39, 0.29) is 24.0 Å². The van der Waals surface area contributed by atoms with Crippen LogP contribution in [0.2, 0.25) is 0 Å². The molecule has 4 nitrogen and oxygen atoms in total. The largest absolute Gasteiger partial charge is 0.455 e. The second-order valence-electron chi connectivity index (χ2n) is 11.6. The molecule has 2 unspecified atom stereocenters. The monoisotopic (exact) mass is 496 g/mol. The fourth-order valence-corrected chi connectivity index (χ4v) is 7.60. The number of nitrogens with zero attached hydrogens (tertiary/aromatic N) is 2. The van der Waals surface area contributed by atoms with E-state index < -0.39 is 0 Å². The molecule has 4 heteroatoms. The fraction of sp³-hybridized carbons (Fsp3) is 0.515. The summed E-state index contributed by atoms with van der Waals surface area (Å²) in [7, 11) is 0. The number of pyridine rings is 1. The Kier molecular flexibility index (Phi) is 7.28. The third-order valence-electron chi connectivity index (χ3n) is 9.58. The van der Waals surface area contributed by atoms with Crippen molar-refractivity contribution in [2.45, 2.75) is 76.4 Å². The van der Waals surface area contributed by atoms with Crippen molar-refractivity contribution in [3.8, 4) is 0 Å². The summed E-state index contributed by atoms with van der Waals surface area (Å²) in [6, 6.07) is 21.0. The maximum Gasteiger partial charge on any atom is 0.314 e. The Bertz CT molecular complexity index is 1200. The van der Waals surface area contributed by atoms with Crippen LogP contribution in [0.1, 0.15) is 81.4 Å². The van der Waals surface area contributed by atoms with Gasteiger partial charge in [-0.1, -0.05) is 81.1 Å². The first-order valence-electron chi connectivity index (χ1n) is 14.6. The van der Waals surface area contributed by atoms with Crippen LogP contribution in [0.3, 0.4) is 0 Å². The van der Waals surface area contributed by atoms with E-state index in [9.17, 15) is 4.79 Å². The van der Waals surface area contributed by atoms with E-state index in [1.807, 2.05) is 18.3 Å². The molecule has 3 aliphatic heterocycles. The second kappa shape index (κ2) is 10.9. The quantitative estimate of drug-likeness (QED) is 0.322. The molecular weight excluding hydrogens is 456 g/mol. The first kappa shape index (κ1) is 24.6. The zero-order valence-electron chi connectivity index (χ0n) is 22.1. The van der Waals surface area contributed by atoms with Gasteiger partial charge in [0.1, 0.15) is 6.10 Å². The van der Waals surface area contributed by atoms with Crippen molar-refractivity contribution in [3.63, 3.8) is 0 Å². The fourth-order valence-electron chi connectivity index (χ4n) is 7.60. The van der Waals surface area contributed by atoms with Crippen molar-refractivity contribution >= 4 is 16.9 Å². The van der Waals surface area contributed by atoms with Gasteiger partial charge in [0.15, 0.2) is 0 Å². The van der Waals surface area contributed by atoms with Crippen LogP contribution in [-0.4, -0.2) is 35.0 Å². The molecule has 6 atom stereocenters. The highest BCUT2D eigenvalue weighted by Crippen LogP contribution is 2.45. The minimum Gasteiger partial charge on any atom is -0.455 e. The topological polar surface area (TPSA) is 42.4 Å². The van der Waals surface area contributed by atoms with Gasteiger partial charge in [-0.3, -0.25) is 14.7 Å². The molecule has 3 saturated heterocycles. The van der Waals surface area contributed by atoms with Gasteiger partial charge in [-0.25, -0.2) is 0 Å². The lowest BCUT2D eigenvalue weighted by molar-refractivity contribution is -0.161. The number of para-hydroxylation sites is 1. The number of fused-ring (bicyclic) bond motifs is 4. The molecule has 0 N–H and O–H groups in total. The Hall–Kier alpha value is -2.72. The lowest BCUT2D eigenvalue weighted by atomic mass is 9.72. The number of aromatic nitrogens is 1. The average Bonchev–Trinajstić information content (AvgIpc) is 2.97. The Morgan fingerprint density at radius 2 is 1.78 bits per heavy atom. The van der Waals surface area contributed by atoms with Crippen LogP contribution in [0.25, 0.3) is 10.9 Å². The lowest BCUT2D eigenvalue weighted by Gasteiger charge is -2.52. The normalized spacial score (nSPS) is 27.6. The maximum atomic E-state index is 14.3. The Morgan fingerprint density at radius 1 is 1.00 bits per heavy atom. The van der Waals surface area contributed by atoms with Crippen molar-refractivity contribution in [3.05, 3.63) is 78.0 Å². The molecule has 4 aliphatic rings. The van der Waals surface area contributed by atoms with E-state index >= 15 is 0 Å². The zero-order valence-corrected chi connectivity index (χ0v) is 22.1. The van der Waals surface area contributed by atoms with Crippen molar-refractivity contribution in [2.24, 2.45) is 17.8 Å². The van der Waals surface area contributed by atoms with E-state index in [1.54, 1.807) is 0 Å². The summed E-state index contributed by atoms with van der Waals surface area (Å²) in [4.78, 5) is 21.5. The van der Waals surface area contributed by atoms with Gasteiger partial charge in [0, 0.05) is 23.7 Å². The summed E-state index contributed by atoms with van der Waals surface area (Å²) in [5.74, 6) is 1.59. The Balaban J connectivity index is 1.37. The van der Waals surface area contributed by atoms with Crippen LogP contribution in [-0.2, 0) is 9.53 Å². The van der Waals surface area contributed by atoms with E-state index in [0.29, 0.717) is 5.92 Å². The van der Waals surface area contributed by atoms with E-state index in [0.717, 1.165) is 66.2 Å². The van der Waals surface area contributed by atoms with E-state index in [2.05, 4.69) is 65.3 Å². The number of hydrogen-bond acceptors (Lipinski definition) is 4. The predicted molar refractivity (Wildman–Crippen MR) is 148 cm³/mol. The summed E-state index contributed by atoms with van der Waals surface area (Å²) in [5.41, 5.74) is 3.18.